The molecular formula is C35H36O5. The summed E-state index contributed by atoms with van der Waals surface area (Å²) in [6, 6.07) is 40.2. The van der Waals surface area contributed by atoms with Crippen LogP contribution >= 0.6 is 0 Å². The Morgan fingerprint density at radius 2 is 0.975 bits per heavy atom. The van der Waals surface area contributed by atoms with Crippen molar-refractivity contribution in [1.82, 2.24) is 0 Å². The Balaban J connectivity index is 1.44. The molecule has 5 atom stereocenters. The smallest absolute Gasteiger partial charge is 0.116 e. The van der Waals surface area contributed by atoms with Gasteiger partial charge in [-0.15, -0.1) is 0 Å². The highest BCUT2D eigenvalue weighted by Crippen LogP contribution is 2.31. The van der Waals surface area contributed by atoms with E-state index in [0.29, 0.717) is 19.8 Å². The summed E-state index contributed by atoms with van der Waals surface area (Å²) in [5.41, 5.74) is 4.20. The lowest BCUT2D eigenvalue weighted by Crippen LogP contribution is -2.60. The molecule has 1 aliphatic rings. The second-order valence-electron chi connectivity index (χ2n) is 9.88. The van der Waals surface area contributed by atoms with E-state index >= 15 is 0 Å². The molecule has 1 saturated heterocycles. The van der Waals surface area contributed by atoms with Gasteiger partial charge in [-0.2, -0.15) is 0 Å². The van der Waals surface area contributed by atoms with Crippen LogP contribution in [0.5, 0.6) is 0 Å². The molecule has 0 bridgehead atoms. The lowest BCUT2D eigenvalue weighted by molar-refractivity contribution is -0.260. The van der Waals surface area contributed by atoms with Gasteiger partial charge in [0.05, 0.1) is 26.4 Å². The van der Waals surface area contributed by atoms with Gasteiger partial charge in [0.25, 0.3) is 0 Å². The third-order valence-corrected chi connectivity index (χ3v) is 6.98. The number of aliphatic hydroxyl groups excluding tert-OH is 1. The van der Waals surface area contributed by atoms with Crippen LogP contribution in [0.15, 0.2) is 127 Å². The molecule has 1 N–H and O–H groups in total. The largest absolute Gasteiger partial charge is 0.394 e. The van der Waals surface area contributed by atoms with Crippen LogP contribution in [0, 0.1) is 0 Å². The van der Waals surface area contributed by atoms with Gasteiger partial charge in [0.15, 0.2) is 0 Å². The number of hydrogen-bond donors (Lipinski definition) is 1. The van der Waals surface area contributed by atoms with Gasteiger partial charge < -0.3 is 24.1 Å². The quantitative estimate of drug-likeness (QED) is 0.233. The van der Waals surface area contributed by atoms with E-state index in [4.69, 9.17) is 18.9 Å². The first-order valence-corrected chi connectivity index (χ1v) is 13.8. The Hall–Kier alpha value is -3.58. The minimum atomic E-state index is -0.591. The fourth-order valence-electron chi connectivity index (χ4n) is 4.90. The minimum absolute atomic E-state index is 0.203. The van der Waals surface area contributed by atoms with E-state index in [1.165, 1.54) is 0 Å². The number of aliphatic hydroxyl groups is 1. The van der Waals surface area contributed by atoms with Gasteiger partial charge in [0.2, 0.25) is 0 Å². The summed E-state index contributed by atoms with van der Waals surface area (Å²) in [5.74, 6) is 0. The summed E-state index contributed by atoms with van der Waals surface area (Å²) in [6.45, 7) is 0.943. The van der Waals surface area contributed by atoms with Crippen molar-refractivity contribution in [2.45, 2.75) is 50.3 Å². The first kappa shape index (κ1) is 28.0. The minimum Gasteiger partial charge on any atom is -0.394 e. The van der Waals surface area contributed by atoms with E-state index < -0.39 is 30.5 Å². The monoisotopic (exact) mass is 536 g/mol. The molecule has 5 rings (SSSR count). The van der Waals surface area contributed by atoms with Crippen molar-refractivity contribution >= 4 is 6.08 Å². The summed E-state index contributed by atoms with van der Waals surface area (Å²) in [5, 5.41) is 10.4. The van der Waals surface area contributed by atoms with E-state index in [9.17, 15) is 5.11 Å². The summed E-state index contributed by atoms with van der Waals surface area (Å²) in [4.78, 5) is 0. The lowest BCUT2D eigenvalue weighted by Gasteiger charge is -2.45. The van der Waals surface area contributed by atoms with E-state index in [2.05, 4.69) is 0 Å². The van der Waals surface area contributed by atoms with Gasteiger partial charge in [0.1, 0.15) is 30.5 Å². The number of rotatable bonds is 12. The molecule has 1 aliphatic heterocycles. The summed E-state index contributed by atoms with van der Waals surface area (Å²) in [6.07, 6.45) is 1.45. The predicted octanol–water partition coefficient (Wildman–Crippen LogP) is 6.22. The van der Waals surface area contributed by atoms with E-state index in [-0.39, 0.29) is 6.61 Å². The predicted molar refractivity (Wildman–Crippen MR) is 156 cm³/mol. The molecule has 0 spiro atoms. The molecule has 0 aromatic heterocycles. The Morgan fingerprint density at radius 3 is 1.45 bits per heavy atom. The second kappa shape index (κ2) is 14.7. The van der Waals surface area contributed by atoms with Gasteiger partial charge >= 0.3 is 0 Å². The highest BCUT2D eigenvalue weighted by atomic mass is 16.6. The third kappa shape index (κ3) is 7.75. The Labute approximate surface area is 236 Å². The summed E-state index contributed by atoms with van der Waals surface area (Å²) in [7, 11) is 0. The normalized spacial score (nSPS) is 22.9. The fourth-order valence-corrected chi connectivity index (χ4v) is 4.90. The average Bonchev–Trinajstić information content (AvgIpc) is 3.03. The van der Waals surface area contributed by atoms with Gasteiger partial charge in [-0.05, 0) is 22.3 Å². The van der Waals surface area contributed by atoms with E-state index in [1.807, 2.05) is 133 Å². The van der Waals surface area contributed by atoms with Crippen molar-refractivity contribution in [3.8, 4) is 0 Å². The molecular weight excluding hydrogens is 500 g/mol. The Bertz CT molecular complexity index is 1280. The van der Waals surface area contributed by atoms with Crippen molar-refractivity contribution < 1.29 is 24.1 Å². The molecule has 0 saturated carbocycles. The molecule has 4 aromatic carbocycles. The molecule has 206 valence electrons. The lowest BCUT2D eigenvalue weighted by atomic mass is 9.93. The highest BCUT2D eigenvalue weighted by molar-refractivity contribution is 5.49. The summed E-state index contributed by atoms with van der Waals surface area (Å²) < 4.78 is 26.1. The van der Waals surface area contributed by atoms with Crippen molar-refractivity contribution in [1.29, 1.82) is 0 Å². The van der Waals surface area contributed by atoms with Crippen LogP contribution in [0.25, 0.3) is 6.08 Å². The van der Waals surface area contributed by atoms with Crippen LogP contribution in [0.1, 0.15) is 22.3 Å². The molecule has 0 amide bonds. The number of benzene rings is 4. The van der Waals surface area contributed by atoms with Crippen molar-refractivity contribution in [2.75, 3.05) is 6.61 Å². The molecule has 40 heavy (non-hydrogen) atoms. The first-order chi connectivity index (χ1) is 19.8. The van der Waals surface area contributed by atoms with Crippen LogP contribution in [0.3, 0.4) is 0 Å². The number of hydrogen-bond acceptors (Lipinski definition) is 5. The molecule has 0 aliphatic carbocycles. The van der Waals surface area contributed by atoms with Crippen molar-refractivity contribution in [3.05, 3.63) is 150 Å². The highest BCUT2D eigenvalue weighted by Gasteiger charge is 2.47. The van der Waals surface area contributed by atoms with E-state index in [0.717, 1.165) is 22.3 Å². The molecule has 4 aromatic rings. The van der Waals surface area contributed by atoms with Crippen LogP contribution in [0.4, 0.5) is 0 Å². The Kier molecular flexibility index (Phi) is 10.3. The topological polar surface area (TPSA) is 57.2 Å². The van der Waals surface area contributed by atoms with Gasteiger partial charge in [-0.3, -0.25) is 0 Å². The standard InChI is InChI=1S/C35H36O5/c36-23-32-34(38-25-29-17-9-3-10-18-29)35(39-26-30-19-11-4-12-20-30)33(37-24-28-15-7-2-8-16-28)31(40-32)22-21-27-13-5-1-6-14-27/h1-22,31-36H,23-26H2/b22-21+/t31-,32+,33-,34+,35+/m0/s1. The maximum Gasteiger partial charge on any atom is 0.116 e. The maximum atomic E-state index is 10.4. The third-order valence-electron chi connectivity index (χ3n) is 6.98. The van der Waals surface area contributed by atoms with Crippen molar-refractivity contribution in [3.63, 3.8) is 0 Å². The van der Waals surface area contributed by atoms with Crippen LogP contribution in [-0.2, 0) is 38.8 Å². The zero-order valence-electron chi connectivity index (χ0n) is 22.5. The fraction of sp³-hybridized carbons (Fsp3) is 0.257. The van der Waals surface area contributed by atoms with Gasteiger partial charge in [0, 0.05) is 0 Å². The summed E-state index contributed by atoms with van der Waals surface area (Å²) >= 11 is 0. The molecule has 5 nitrogen and oxygen atoms in total. The van der Waals surface area contributed by atoms with Crippen LogP contribution in [-0.4, -0.2) is 42.2 Å². The zero-order chi connectivity index (χ0) is 27.4. The zero-order valence-corrected chi connectivity index (χ0v) is 22.5. The maximum absolute atomic E-state index is 10.4. The molecule has 0 unspecified atom stereocenters. The van der Waals surface area contributed by atoms with Crippen LogP contribution < -0.4 is 0 Å². The SMILES string of the molecule is OC[C@H]1O[C@@H](/C=C/c2ccccc2)[C@H](OCc2ccccc2)[C@@H](OCc2ccccc2)[C@@H]1OCc1ccccc1. The van der Waals surface area contributed by atoms with Gasteiger partial charge in [-0.1, -0.05) is 133 Å². The van der Waals surface area contributed by atoms with Crippen molar-refractivity contribution in [2.24, 2.45) is 0 Å². The first-order valence-electron chi connectivity index (χ1n) is 13.8. The molecule has 1 fully saturated rings. The molecule has 1 heterocycles. The number of ether oxygens (including phenoxy) is 4. The average molecular weight is 537 g/mol. The second-order valence-corrected chi connectivity index (χ2v) is 9.88. The van der Waals surface area contributed by atoms with Crippen LogP contribution in [0.2, 0.25) is 0 Å². The van der Waals surface area contributed by atoms with E-state index in [1.54, 1.807) is 0 Å². The molecule has 5 heteroatoms. The Morgan fingerprint density at radius 1 is 0.550 bits per heavy atom. The van der Waals surface area contributed by atoms with Gasteiger partial charge in [-0.25, -0.2) is 0 Å². The molecule has 0 radical (unpaired) electrons.